The Kier molecular flexibility index (Phi) is 9.51. The van der Waals surface area contributed by atoms with Crippen LogP contribution in [0.1, 0.15) is 30.5 Å². The van der Waals surface area contributed by atoms with Gasteiger partial charge in [0.2, 0.25) is 11.8 Å². The van der Waals surface area contributed by atoms with Crippen molar-refractivity contribution >= 4 is 39.1 Å². The van der Waals surface area contributed by atoms with Crippen LogP contribution in [0.3, 0.4) is 0 Å². The van der Waals surface area contributed by atoms with E-state index in [-0.39, 0.29) is 22.7 Å². The Labute approximate surface area is 228 Å². The maximum absolute atomic E-state index is 14.5. The van der Waals surface area contributed by atoms with E-state index in [2.05, 4.69) is 5.32 Å². The van der Waals surface area contributed by atoms with Crippen LogP contribution < -0.4 is 9.62 Å². The molecule has 0 saturated heterocycles. The first-order valence-electron chi connectivity index (χ1n) is 12.1. The van der Waals surface area contributed by atoms with Gasteiger partial charge in [-0.3, -0.25) is 13.9 Å². The van der Waals surface area contributed by atoms with Crippen LogP contribution in [0.25, 0.3) is 0 Å². The average molecular weight is 560 g/mol. The molecule has 1 N–H and O–H groups in total. The number of hydrogen-bond acceptors (Lipinski definition) is 4. The summed E-state index contributed by atoms with van der Waals surface area (Å²) < 4.78 is 43.2. The maximum atomic E-state index is 14.5. The number of aryl methyl sites for hydroxylation is 2. The molecule has 0 radical (unpaired) electrons. The van der Waals surface area contributed by atoms with E-state index in [1.807, 2.05) is 6.92 Å². The molecule has 1 unspecified atom stereocenters. The first-order chi connectivity index (χ1) is 17.9. The molecule has 0 aliphatic heterocycles. The Hall–Kier alpha value is -3.43. The van der Waals surface area contributed by atoms with E-state index in [9.17, 15) is 22.4 Å². The number of hydrogen-bond donors (Lipinski definition) is 1. The summed E-state index contributed by atoms with van der Waals surface area (Å²) in [7, 11) is -4.20. The minimum atomic E-state index is -4.20. The summed E-state index contributed by atoms with van der Waals surface area (Å²) in [6, 6.07) is 15.9. The highest BCUT2D eigenvalue weighted by Crippen LogP contribution is 2.29. The van der Waals surface area contributed by atoms with Gasteiger partial charge in [-0.05, 0) is 69.7 Å². The Morgan fingerprint density at radius 3 is 2.29 bits per heavy atom. The van der Waals surface area contributed by atoms with Gasteiger partial charge in [-0.15, -0.1) is 0 Å². The van der Waals surface area contributed by atoms with Crippen LogP contribution in [0, 0.1) is 19.7 Å². The summed E-state index contributed by atoms with van der Waals surface area (Å²) in [5.41, 5.74) is 1.88. The number of anilines is 1. The second-order valence-corrected chi connectivity index (χ2v) is 11.2. The fraction of sp³-hybridized carbons (Fsp3) is 0.286. The fourth-order valence-corrected chi connectivity index (χ4v) is 5.67. The SMILES string of the molecule is CCNC(=O)C(C)N(Cc1ccccc1F)C(=O)CN(c1ccc(Cl)cc1C)S(=O)(=O)c1ccc(C)cc1. The summed E-state index contributed by atoms with van der Waals surface area (Å²) in [6.45, 7) is 6.30. The predicted molar refractivity (Wildman–Crippen MR) is 147 cm³/mol. The van der Waals surface area contributed by atoms with Crippen LogP contribution >= 0.6 is 11.6 Å². The lowest BCUT2D eigenvalue weighted by Crippen LogP contribution is -2.51. The van der Waals surface area contributed by atoms with Gasteiger partial charge in [0.1, 0.15) is 18.4 Å². The molecule has 0 aliphatic carbocycles. The van der Waals surface area contributed by atoms with E-state index in [0.717, 1.165) is 9.87 Å². The largest absolute Gasteiger partial charge is 0.355 e. The van der Waals surface area contributed by atoms with Crippen molar-refractivity contribution in [3.8, 4) is 0 Å². The van der Waals surface area contributed by atoms with E-state index in [1.54, 1.807) is 44.2 Å². The van der Waals surface area contributed by atoms with Gasteiger partial charge in [0, 0.05) is 23.7 Å². The quantitative estimate of drug-likeness (QED) is 0.385. The lowest BCUT2D eigenvalue weighted by atomic mass is 10.1. The second-order valence-electron chi connectivity index (χ2n) is 8.94. The van der Waals surface area contributed by atoms with E-state index in [0.29, 0.717) is 17.1 Å². The van der Waals surface area contributed by atoms with E-state index < -0.39 is 40.2 Å². The monoisotopic (exact) mass is 559 g/mol. The van der Waals surface area contributed by atoms with Gasteiger partial charge in [-0.25, -0.2) is 12.8 Å². The predicted octanol–water partition coefficient (Wildman–Crippen LogP) is 4.84. The molecule has 0 heterocycles. The highest BCUT2D eigenvalue weighted by atomic mass is 35.5. The minimum absolute atomic E-state index is 0.00248. The van der Waals surface area contributed by atoms with Gasteiger partial charge in [-0.1, -0.05) is 47.5 Å². The molecule has 0 aliphatic rings. The molecule has 3 rings (SSSR count). The number of amides is 2. The molecule has 3 aromatic carbocycles. The lowest BCUT2D eigenvalue weighted by Gasteiger charge is -2.32. The summed E-state index contributed by atoms with van der Waals surface area (Å²) in [5, 5.41) is 3.08. The first kappa shape index (κ1) is 29.1. The highest BCUT2D eigenvalue weighted by Gasteiger charge is 2.33. The number of rotatable bonds is 10. The normalized spacial score (nSPS) is 12.1. The molecule has 10 heteroatoms. The molecule has 0 fully saturated rings. The second kappa shape index (κ2) is 12.4. The van der Waals surface area contributed by atoms with Crippen LogP contribution in [-0.2, 0) is 26.2 Å². The van der Waals surface area contributed by atoms with Gasteiger partial charge >= 0.3 is 0 Å². The van der Waals surface area contributed by atoms with Crippen molar-refractivity contribution < 1.29 is 22.4 Å². The van der Waals surface area contributed by atoms with Gasteiger partial charge in [0.05, 0.1) is 10.6 Å². The molecule has 7 nitrogen and oxygen atoms in total. The molecule has 1 atom stereocenters. The number of halogens is 2. The number of likely N-dealkylation sites (N-methyl/N-ethyl adjacent to an activating group) is 1. The Morgan fingerprint density at radius 2 is 1.68 bits per heavy atom. The summed E-state index contributed by atoms with van der Waals surface area (Å²) in [5.74, 6) is -1.64. The summed E-state index contributed by atoms with van der Waals surface area (Å²) >= 11 is 6.11. The third-order valence-electron chi connectivity index (χ3n) is 6.13. The third-order valence-corrected chi connectivity index (χ3v) is 8.14. The van der Waals surface area contributed by atoms with Crippen LogP contribution in [0.4, 0.5) is 10.1 Å². The Balaban J connectivity index is 2.08. The van der Waals surface area contributed by atoms with Crippen LogP contribution in [0.2, 0.25) is 5.02 Å². The Bertz CT molecular complexity index is 1410. The van der Waals surface area contributed by atoms with Crippen LogP contribution in [-0.4, -0.2) is 44.3 Å². The molecule has 3 aromatic rings. The third kappa shape index (κ3) is 6.71. The molecule has 38 heavy (non-hydrogen) atoms. The van der Waals surface area contributed by atoms with Crippen molar-refractivity contribution in [1.82, 2.24) is 10.2 Å². The standard InChI is InChI=1S/C28H31ClFN3O4S/c1-5-31-28(35)21(4)32(17-22-8-6-7-9-25(22)30)27(34)18-33(26-15-12-23(29)16-20(26)3)38(36,37)24-13-10-19(2)11-14-24/h6-16,21H,5,17-18H2,1-4H3,(H,31,35). The zero-order valence-corrected chi connectivity index (χ0v) is 23.3. The average Bonchev–Trinajstić information content (AvgIpc) is 2.87. The van der Waals surface area contributed by atoms with E-state index in [4.69, 9.17) is 11.6 Å². The van der Waals surface area contributed by atoms with Gasteiger partial charge in [0.25, 0.3) is 10.0 Å². The van der Waals surface area contributed by atoms with Gasteiger partial charge in [-0.2, -0.15) is 0 Å². The summed E-state index contributed by atoms with van der Waals surface area (Å²) in [4.78, 5) is 27.7. The summed E-state index contributed by atoms with van der Waals surface area (Å²) in [6.07, 6.45) is 0. The molecule has 2 amide bonds. The fourth-order valence-electron chi connectivity index (χ4n) is 3.96. The molecule has 0 saturated carbocycles. The molecule has 0 bridgehead atoms. The number of nitrogens with zero attached hydrogens (tertiary/aromatic N) is 2. The molecular weight excluding hydrogens is 529 g/mol. The number of nitrogens with one attached hydrogen (secondary N) is 1. The molecule has 0 aromatic heterocycles. The zero-order valence-electron chi connectivity index (χ0n) is 21.7. The van der Waals surface area contributed by atoms with Gasteiger partial charge in [0.15, 0.2) is 0 Å². The molecule has 0 spiro atoms. The number of benzene rings is 3. The Morgan fingerprint density at radius 1 is 1.03 bits per heavy atom. The molecule has 202 valence electrons. The van der Waals surface area contributed by atoms with Crippen LogP contribution in [0.15, 0.2) is 71.6 Å². The van der Waals surface area contributed by atoms with Gasteiger partial charge < -0.3 is 10.2 Å². The minimum Gasteiger partial charge on any atom is -0.355 e. The van der Waals surface area contributed by atoms with Crippen molar-refractivity contribution in [2.45, 2.75) is 45.2 Å². The number of carbonyl (C=O) groups is 2. The van der Waals surface area contributed by atoms with Crippen molar-refractivity contribution in [1.29, 1.82) is 0 Å². The van der Waals surface area contributed by atoms with Crippen molar-refractivity contribution in [2.24, 2.45) is 0 Å². The lowest BCUT2D eigenvalue weighted by molar-refractivity contribution is -0.139. The topological polar surface area (TPSA) is 86.8 Å². The smallest absolute Gasteiger partial charge is 0.264 e. The first-order valence-corrected chi connectivity index (χ1v) is 13.9. The molecular formula is C28H31ClFN3O4S. The van der Waals surface area contributed by atoms with Crippen molar-refractivity contribution in [3.63, 3.8) is 0 Å². The van der Waals surface area contributed by atoms with Crippen molar-refractivity contribution in [3.05, 3.63) is 94.3 Å². The van der Waals surface area contributed by atoms with E-state index in [1.165, 1.54) is 48.2 Å². The number of carbonyl (C=O) groups excluding carboxylic acids is 2. The zero-order chi connectivity index (χ0) is 28.0. The van der Waals surface area contributed by atoms with Crippen LogP contribution in [0.5, 0.6) is 0 Å². The highest BCUT2D eigenvalue weighted by molar-refractivity contribution is 7.92. The maximum Gasteiger partial charge on any atom is 0.264 e. The number of sulfonamides is 1. The van der Waals surface area contributed by atoms with E-state index >= 15 is 0 Å². The van der Waals surface area contributed by atoms with Crippen molar-refractivity contribution in [2.75, 3.05) is 17.4 Å².